The monoisotopic (exact) mass is 402 g/mol. The molecule has 8 heteroatoms. The van der Waals surface area contributed by atoms with Crippen LogP contribution in [0.15, 0.2) is 43.4 Å². The molecule has 2 aromatic heterocycles. The second-order valence-corrected chi connectivity index (χ2v) is 7.80. The molecule has 2 aliphatic heterocycles. The highest BCUT2D eigenvalue weighted by Crippen LogP contribution is 2.35. The molecule has 30 heavy (non-hydrogen) atoms. The number of hydrogen-bond donors (Lipinski definition) is 2. The Morgan fingerprint density at radius 3 is 3.03 bits per heavy atom. The van der Waals surface area contributed by atoms with Crippen LogP contribution in [0.4, 0.5) is 11.4 Å². The fraction of sp³-hybridized carbons (Fsp3) is 0.273. The van der Waals surface area contributed by atoms with Gasteiger partial charge in [0.25, 0.3) is 5.91 Å². The number of amides is 2. The topological polar surface area (TPSA) is 94.2 Å². The Balaban J connectivity index is 1.45. The van der Waals surface area contributed by atoms with Crippen LogP contribution < -0.4 is 5.32 Å². The first-order valence-corrected chi connectivity index (χ1v) is 9.95. The quantitative estimate of drug-likeness (QED) is 0.655. The fourth-order valence-electron chi connectivity index (χ4n) is 4.42. The van der Waals surface area contributed by atoms with E-state index >= 15 is 0 Å². The van der Waals surface area contributed by atoms with Crippen molar-refractivity contribution >= 4 is 34.1 Å². The van der Waals surface area contributed by atoms with Crippen LogP contribution in [0.2, 0.25) is 0 Å². The number of hydrogen-bond acceptors (Lipinski definition) is 5. The molecule has 2 aliphatic rings. The fourth-order valence-corrected chi connectivity index (χ4v) is 4.42. The SMILES string of the molecule is C=CC(=O)N1CCC(N2Cc3cncc(Nc4c(C)ccc5[nH]ncc45)c3C2=O)C1. The van der Waals surface area contributed by atoms with Gasteiger partial charge in [-0.1, -0.05) is 12.6 Å². The molecule has 5 rings (SSSR count). The van der Waals surface area contributed by atoms with Crippen LogP contribution in [-0.2, 0) is 11.3 Å². The highest BCUT2D eigenvalue weighted by Gasteiger charge is 2.38. The summed E-state index contributed by atoms with van der Waals surface area (Å²) in [6.07, 6.45) is 7.32. The number of nitrogens with zero attached hydrogens (tertiary/aromatic N) is 4. The second-order valence-electron chi connectivity index (χ2n) is 7.80. The zero-order valence-electron chi connectivity index (χ0n) is 16.7. The first kappa shape index (κ1) is 18.4. The van der Waals surface area contributed by atoms with E-state index in [-0.39, 0.29) is 17.9 Å². The predicted octanol–water partition coefficient (Wildman–Crippen LogP) is 2.75. The van der Waals surface area contributed by atoms with Crippen molar-refractivity contribution in [3.05, 3.63) is 60.1 Å². The Morgan fingerprint density at radius 2 is 2.20 bits per heavy atom. The lowest BCUT2D eigenvalue weighted by Gasteiger charge is -2.24. The van der Waals surface area contributed by atoms with E-state index in [0.717, 1.165) is 34.1 Å². The van der Waals surface area contributed by atoms with E-state index in [2.05, 4.69) is 27.1 Å². The largest absolute Gasteiger partial charge is 0.353 e. The molecule has 1 saturated heterocycles. The first-order valence-electron chi connectivity index (χ1n) is 9.95. The first-order chi connectivity index (χ1) is 14.6. The minimum atomic E-state index is -0.0886. The molecule has 4 heterocycles. The van der Waals surface area contributed by atoms with Crippen LogP contribution in [0, 0.1) is 6.92 Å². The molecule has 1 aromatic carbocycles. The van der Waals surface area contributed by atoms with Gasteiger partial charge in [0.1, 0.15) is 0 Å². The number of aryl methyl sites for hydroxylation is 1. The maximum Gasteiger partial charge on any atom is 0.257 e. The number of pyridine rings is 1. The molecular weight excluding hydrogens is 380 g/mol. The Morgan fingerprint density at radius 1 is 1.33 bits per heavy atom. The average Bonchev–Trinajstić information content (AvgIpc) is 3.48. The van der Waals surface area contributed by atoms with Crippen molar-refractivity contribution in [2.45, 2.75) is 25.9 Å². The van der Waals surface area contributed by atoms with Crippen molar-refractivity contribution < 1.29 is 9.59 Å². The van der Waals surface area contributed by atoms with Crippen molar-refractivity contribution in [1.29, 1.82) is 0 Å². The molecule has 1 atom stereocenters. The predicted molar refractivity (Wildman–Crippen MR) is 113 cm³/mol. The molecule has 2 N–H and O–H groups in total. The van der Waals surface area contributed by atoms with E-state index in [1.54, 1.807) is 23.5 Å². The average molecular weight is 402 g/mol. The summed E-state index contributed by atoms with van der Waals surface area (Å²) in [5.74, 6) is -0.112. The van der Waals surface area contributed by atoms with Crippen LogP contribution in [-0.4, -0.2) is 55.9 Å². The van der Waals surface area contributed by atoms with Gasteiger partial charge in [0, 0.05) is 36.8 Å². The molecule has 3 aromatic rings. The number of carbonyl (C=O) groups is 2. The lowest BCUT2D eigenvalue weighted by Crippen LogP contribution is -2.38. The molecule has 0 bridgehead atoms. The van der Waals surface area contributed by atoms with Gasteiger partial charge in [-0.15, -0.1) is 0 Å². The molecular formula is C22H22N6O2. The molecule has 152 valence electrons. The molecule has 0 radical (unpaired) electrons. The van der Waals surface area contributed by atoms with Gasteiger partial charge in [-0.3, -0.25) is 19.7 Å². The summed E-state index contributed by atoms with van der Waals surface area (Å²) in [6.45, 7) is 7.26. The number of rotatable bonds is 4. The third-order valence-corrected chi connectivity index (χ3v) is 6.02. The number of H-pyrrole nitrogens is 1. The van der Waals surface area contributed by atoms with Crippen LogP contribution in [0.5, 0.6) is 0 Å². The van der Waals surface area contributed by atoms with Gasteiger partial charge in [-0.05, 0) is 31.1 Å². The van der Waals surface area contributed by atoms with Crippen LogP contribution >= 0.6 is 0 Å². The molecule has 2 amide bonds. The van der Waals surface area contributed by atoms with E-state index in [0.29, 0.717) is 30.9 Å². The minimum absolute atomic E-state index is 0.000641. The van der Waals surface area contributed by atoms with E-state index < -0.39 is 0 Å². The Bertz CT molecular complexity index is 1180. The van der Waals surface area contributed by atoms with Crippen molar-refractivity contribution in [3.8, 4) is 0 Å². The Hall–Kier alpha value is -3.68. The summed E-state index contributed by atoms with van der Waals surface area (Å²) < 4.78 is 0. The highest BCUT2D eigenvalue weighted by atomic mass is 16.2. The lowest BCUT2D eigenvalue weighted by atomic mass is 10.1. The van der Waals surface area contributed by atoms with Gasteiger partial charge in [0.15, 0.2) is 0 Å². The maximum atomic E-state index is 13.4. The molecule has 0 aliphatic carbocycles. The number of carbonyl (C=O) groups excluding carboxylic acids is 2. The summed E-state index contributed by atoms with van der Waals surface area (Å²) in [7, 11) is 0. The Labute approximate surface area is 173 Å². The lowest BCUT2D eigenvalue weighted by molar-refractivity contribution is -0.125. The van der Waals surface area contributed by atoms with Crippen molar-refractivity contribution in [2.24, 2.45) is 0 Å². The number of aromatic nitrogens is 3. The summed E-state index contributed by atoms with van der Waals surface area (Å²) in [4.78, 5) is 33.2. The van der Waals surface area contributed by atoms with Crippen LogP contribution in [0.3, 0.4) is 0 Å². The van der Waals surface area contributed by atoms with Crippen LogP contribution in [0.1, 0.15) is 27.9 Å². The number of aromatic amines is 1. The number of likely N-dealkylation sites (tertiary alicyclic amines) is 1. The van der Waals surface area contributed by atoms with Gasteiger partial charge in [0.2, 0.25) is 5.91 Å². The van der Waals surface area contributed by atoms with Gasteiger partial charge >= 0.3 is 0 Å². The smallest absolute Gasteiger partial charge is 0.257 e. The van der Waals surface area contributed by atoms with E-state index in [9.17, 15) is 9.59 Å². The zero-order chi connectivity index (χ0) is 20.8. The molecule has 0 saturated carbocycles. The maximum absolute atomic E-state index is 13.4. The summed E-state index contributed by atoms with van der Waals surface area (Å²) >= 11 is 0. The normalized spacial score (nSPS) is 18.2. The van der Waals surface area contributed by atoms with Gasteiger partial charge < -0.3 is 15.1 Å². The minimum Gasteiger partial charge on any atom is -0.353 e. The molecule has 1 fully saturated rings. The second kappa shape index (κ2) is 6.98. The summed E-state index contributed by atoms with van der Waals surface area (Å²) in [5, 5.41) is 11.5. The number of nitrogens with one attached hydrogen (secondary N) is 2. The van der Waals surface area contributed by atoms with E-state index in [1.165, 1.54) is 6.08 Å². The van der Waals surface area contributed by atoms with Gasteiger partial charge in [0.05, 0.1) is 40.9 Å². The summed E-state index contributed by atoms with van der Waals surface area (Å²) in [5.41, 5.74) is 5.13. The molecule has 8 nitrogen and oxygen atoms in total. The number of fused-ring (bicyclic) bond motifs is 2. The highest BCUT2D eigenvalue weighted by molar-refractivity contribution is 6.05. The standard InChI is InChI=1S/C22H22N6O2/c1-3-19(29)27-7-6-15(12-27)28-11-14-8-23-10-18(20(14)22(28)30)25-21-13(2)4-5-17-16(21)9-24-26-17/h3-5,8-10,15,25H,1,6-7,11-12H2,2H3,(H,24,26). The third kappa shape index (κ3) is 2.83. The van der Waals surface area contributed by atoms with Crippen molar-refractivity contribution in [1.82, 2.24) is 25.0 Å². The Kier molecular flexibility index (Phi) is 4.27. The number of benzene rings is 1. The van der Waals surface area contributed by atoms with Gasteiger partial charge in [-0.25, -0.2) is 0 Å². The van der Waals surface area contributed by atoms with Crippen molar-refractivity contribution in [3.63, 3.8) is 0 Å². The van der Waals surface area contributed by atoms with E-state index in [4.69, 9.17) is 0 Å². The molecule has 1 unspecified atom stereocenters. The third-order valence-electron chi connectivity index (χ3n) is 6.02. The van der Waals surface area contributed by atoms with Crippen LogP contribution in [0.25, 0.3) is 10.9 Å². The van der Waals surface area contributed by atoms with E-state index in [1.807, 2.05) is 24.0 Å². The summed E-state index contributed by atoms with van der Waals surface area (Å²) in [6, 6.07) is 4.00. The zero-order valence-corrected chi connectivity index (χ0v) is 16.7. The van der Waals surface area contributed by atoms with Crippen molar-refractivity contribution in [2.75, 3.05) is 18.4 Å². The van der Waals surface area contributed by atoms with Gasteiger partial charge in [-0.2, -0.15) is 5.10 Å². The molecule has 0 spiro atoms. The number of anilines is 2.